The van der Waals surface area contributed by atoms with E-state index in [9.17, 15) is 4.79 Å². The van der Waals surface area contributed by atoms with E-state index < -0.39 is 0 Å². The van der Waals surface area contributed by atoms with Crippen molar-refractivity contribution in [3.8, 4) is 11.3 Å². The Morgan fingerprint density at radius 2 is 1.52 bits per heavy atom. The second-order valence-electron chi connectivity index (χ2n) is 4.84. The van der Waals surface area contributed by atoms with Gasteiger partial charge in [-0.05, 0) is 17.7 Å². The van der Waals surface area contributed by atoms with E-state index in [2.05, 4.69) is 4.98 Å². The molecule has 0 atom stereocenters. The Labute approximate surface area is 124 Å². The minimum absolute atomic E-state index is 0.124. The van der Waals surface area contributed by atoms with Gasteiger partial charge >= 0.3 is 0 Å². The zero-order valence-electron chi connectivity index (χ0n) is 11.6. The summed E-state index contributed by atoms with van der Waals surface area (Å²) in [4.78, 5) is 16.8. The molecule has 0 bridgehead atoms. The number of hydrogen-bond acceptors (Lipinski definition) is 2. The maximum atomic E-state index is 12.4. The summed E-state index contributed by atoms with van der Waals surface area (Å²) in [6, 6.07) is 23.1. The molecule has 0 aliphatic rings. The summed E-state index contributed by atoms with van der Waals surface area (Å²) in [6.07, 6.45) is 2.15. The van der Waals surface area contributed by atoms with Gasteiger partial charge in [0.15, 0.2) is 5.78 Å². The minimum Gasteiger partial charge on any atom is -0.294 e. The summed E-state index contributed by atoms with van der Waals surface area (Å²) in [5.41, 5.74) is 3.66. The number of carbonyl (C=O) groups is 1. The van der Waals surface area contributed by atoms with E-state index in [1.807, 2.05) is 72.8 Å². The molecule has 0 fully saturated rings. The lowest BCUT2D eigenvalue weighted by Crippen LogP contribution is -2.04. The van der Waals surface area contributed by atoms with Crippen molar-refractivity contribution in [2.75, 3.05) is 0 Å². The number of Topliss-reactive ketones (excluding diaryl/α,β-unsaturated/α-hetero) is 1. The van der Waals surface area contributed by atoms with Crippen LogP contribution in [0.3, 0.4) is 0 Å². The van der Waals surface area contributed by atoms with Gasteiger partial charge in [-0.15, -0.1) is 0 Å². The summed E-state index contributed by atoms with van der Waals surface area (Å²) in [6.45, 7) is 0. The van der Waals surface area contributed by atoms with Crippen molar-refractivity contribution in [3.63, 3.8) is 0 Å². The number of hydrogen-bond donors (Lipinski definition) is 0. The number of ketones is 1. The Hall–Kier alpha value is -2.74. The Bertz CT molecular complexity index is 736. The van der Waals surface area contributed by atoms with Crippen LogP contribution >= 0.6 is 0 Å². The smallest absolute Gasteiger partial charge is 0.167 e. The molecule has 21 heavy (non-hydrogen) atoms. The second-order valence-corrected chi connectivity index (χ2v) is 4.84. The maximum Gasteiger partial charge on any atom is 0.167 e. The summed E-state index contributed by atoms with van der Waals surface area (Å²) in [5.74, 6) is 0.124. The van der Waals surface area contributed by atoms with Crippen LogP contribution in [0.5, 0.6) is 0 Å². The first-order valence-electron chi connectivity index (χ1n) is 6.92. The van der Waals surface area contributed by atoms with Gasteiger partial charge in [0.05, 0.1) is 5.69 Å². The standard InChI is InChI=1S/C19H15NO/c21-19(15-8-2-1-3-9-15)14-16-10-4-5-11-17(16)18-12-6-7-13-20-18/h1-13H,14H2. The molecular formula is C19H15NO. The van der Waals surface area contributed by atoms with E-state index >= 15 is 0 Å². The fraction of sp³-hybridized carbons (Fsp3) is 0.0526. The van der Waals surface area contributed by atoms with Gasteiger partial charge in [0.25, 0.3) is 0 Å². The molecule has 0 aliphatic heterocycles. The molecule has 0 N–H and O–H groups in total. The van der Waals surface area contributed by atoms with Gasteiger partial charge < -0.3 is 0 Å². The Balaban J connectivity index is 1.92. The third-order valence-electron chi connectivity index (χ3n) is 3.40. The summed E-state index contributed by atoms with van der Waals surface area (Å²) in [5, 5.41) is 0. The minimum atomic E-state index is 0.124. The predicted octanol–water partition coefficient (Wildman–Crippen LogP) is 4.17. The highest BCUT2D eigenvalue weighted by Crippen LogP contribution is 2.22. The van der Waals surface area contributed by atoms with Crippen molar-refractivity contribution in [3.05, 3.63) is 90.1 Å². The molecule has 2 nitrogen and oxygen atoms in total. The monoisotopic (exact) mass is 273 g/mol. The zero-order valence-corrected chi connectivity index (χ0v) is 11.6. The van der Waals surface area contributed by atoms with Crippen molar-refractivity contribution in [1.29, 1.82) is 0 Å². The molecule has 0 unspecified atom stereocenters. The normalized spacial score (nSPS) is 10.3. The molecule has 2 heteroatoms. The number of aromatic nitrogens is 1. The number of nitrogens with zero attached hydrogens (tertiary/aromatic N) is 1. The molecule has 3 rings (SSSR count). The number of carbonyl (C=O) groups excluding carboxylic acids is 1. The molecule has 0 spiro atoms. The van der Waals surface area contributed by atoms with Crippen molar-refractivity contribution < 1.29 is 4.79 Å². The lowest BCUT2D eigenvalue weighted by atomic mass is 9.97. The van der Waals surface area contributed by atoms with E-state index in [0.29, 0.717) is 6.42 Å². The van der Waals surface area contributed by atoms with Gasteiger partial charge in [-0.2, -0.15) is 0 Å². The van der Waals surface area contributed by atoms with Gasteiger partial charge in [0.1, 0.15) is 0 Å². The molecule has 102 valence electrons. The summed E-state index contributed by atoms with van der Waals surface area (Å²) in [7, 11) is 0. The third kappa shape index (κ3) is 3.06. The van der Waals surface area contributed by atoms with Crippen molar-refractivity contribution in [2.24, 2.45) is 0 Å². The Morgan fingerprint density at radius 3 is 2.29 bits per heavy atom. The van der Waals surface area contributed by atoms with E-state index in [1.54, 1.807) is 6.20 Å². The second kappa shape index (κ2) is 6.14. The molecule has 1 heterocycles. The van der Waals surface area contributed by atoms with Crippen molar-refractivity contribution >= 4 is 5.78 Å². The first kappa shape index (κ1) is 13.3. The van der Waals surface area contributed by atoms with Gasteiger partial charge in [0, 0.05) is 23.7 Å². The fourth-order valence-corrected chi connectivity index (χ4v) is 2.35. The van der Waals surface area contributed by atoms with Crippen LogP contribution in [0.15, 0.2) is 79.0 Å². The van der Waals surface area contributed by atoms with Crippen molar-refractivity contribution in [1.82, 2.24) is 4.98 Å². The van der Waals surface area contributed by atoms with Crippen LogP contribution in [0.4, 0.5) is 0 Å². The van der Waals surface area contributed by atoms with E-state index in [-0.39, 0.29) is 5.78 Å². The van der Waals surface area contributed by atoms with Crippen LogP contribution in [0.25, 0.3) is 11.3 Å². The molecule has 0 saturated carbocycles. The van der Waals surface area contributed by atoms with Crippen molar-refractivity contribution in [2.45, 2.75) is 6.42 Å². The third-order valence-corrected chi connectivity index (χ3v) is 3.40. The van der Waals surface area contributed by atoms with Crippen LogP contribution in [0.1, 0.15) is 15.9 Å². The zero-order chi connectivity index (χ0) is 14.5. The molecule has 1 aromatic heterocycles. The van der Waals surface area contributed by atoms with E-state index in [0.717, 1.165) is 22.4 Å². The quantitative estimate of drug-likeness (QED) is 0.668. The van der Waals surface area contributed by atoms with Gasteiger partial charge in [0.2, 0.25) is 0 Å². The predicted molar refractivity (Wildman–Crippen MR) is 84.1 cm³/mol. The molecule has 2 aromatic carbocycles. The van der Waals surface area contributed by atoms with Gasteiger partial charge in [-0.25, -0.2) is 0 Å². The largest absolute Gasteiger partial charge is 0.294 e. The highest BCUT2D eigenvalue weighted by molar-refractivity contribution is 5.98. The SMILES string of the molecule is O=C(Cc1ccccc1-c1ccccn1)c1ccccc1. The average Bonchev–Trinajstić information content (AvgIpc) is 2.57. The number of rotatable bonds is 4. The van der Waals surface area contributed by atoms with Crippen LogP contribution in [-0.4, -0.2) is 10.8 Å². The fourth-order valence-electron chi connectivity index (χ4n) is 2.35. The highest BCUT2D eigenvalue weighted by atomic mass is 16.1. The molecule has 0 amide bonds. The maximum absolute atomic E-state index is 12.4. The first-order valence-corrected chi connectivity index (χ1v) is 6.92. The molecule has 0 aliphatic carbocycles. The molecule has 3 aromatic rings. The summed E-state index contributed by atoms with van der Waals surface area (Å²) >= 11 is 0. The summed E-state index contributed by atoms with van der Waals surface area (Å²) < 4.78 is 0. The van der Waals surface area contributed by atoms with Crippen LogP contribution in [0.2, 0.25) is 0 Å². The molecule has 0 radical (unpaired) electrons. The Morgan fingerprint density at radius 1 is 0.810 bits per heavy atom. The van der Waals surface area contributed by atoms with Gasteiger partial charge in [-0.3, -0.25) is 9.78 Å². The van der Waals surface area contributed by atoms with Crippen LogP contribution < -0.4 is 0 Å². The molecule has 0 saturated heterocycles. The first-order chi connectivity index (χ1) is 10.3. The van der Waals surface area contributed by atoms with Crippen LogP contribution in [-0.2, 0) is 6.42 Å². The van der Waals surface area contributed by atoms with E-state index in [1.165, 1.54) is 0 Å². The average molecular weight is 273 g/mol. The lowest BCUT2D eigenvalue weighted by Gasteiger charge is -2.08. The van der Waals surface area contributed by atoms with Crippen LogP contribution in [0, 0.1) is 0 Å². The highest BCUT2D eigenvalue weighted by Gasteiger charge is 2.11. The topological polar surface area (TPSA) is 30.0 Å². The number of pyridine rings is 1. The van der Waals surface area contributed by atoms with E-state index in [4.69, 9.17) is 0 Å². The Kier molecular flexibility index (Phi) is 3.88. The molecular weight excluding hydrogens is 258 g/mol. The lowest BCUT2D eigenvalue weighted by molar-refractivity contribution is 0.0993. The van der Waals surface area contributed by atoms with Gasteiger partial charge in [-0.1, -0.05) is 60.7 Å². The number of benzene rings is 2.